The number of hydrogen-bond acceptors (Lipinski definition) is 1. The van der Waals surface area contributed by atoms with Gasteiger partial charge in [0.25, 0.3) is 0 Å². The maximum atomic E-state index is 11.8. The van der Waals surface area contributed by atoms with Crippen LogP contribution in [0.15, 0.2) is 0 Å². The van der Waals surface area contributed by atoms with Crippen LogP contribution in [-0.2, 0) is 0 Å². The van der Waals surface area contributed by atoms with Crippen LogP contribution in [0.25, 0.3) is 0 Å². The van der Waals surface area contributed by atoms with E-state index in [1.807, 2.05) is 0 Å². The summed E-state index contributed by atoms with van der Waals surface area (Å²) < 4.78 is 11.8. The van der Waals surface area contributed by atoms with E-state index in [0.717, 1.165) is 0 Å². The van der Waals surface area contributed by atoms with Crippen molar-refractivity contribution in [3.05, 3.63) is 0 Å². The molecule has 1 saturated carbocycles. The van der Waals surface area contributed by atoms with E-state index in [9.17, 15) is 4.39 Å². The summed E-state index contributed by atoms with van der Waals surface area (Å²) in [5, 5.41) is -1.54. The van der Waals surface area contributed by atoms with Crippen LogP contribution in [0.4, 0.5) is 4.39 Å². The predicted octanol–water partition coefficient (Wildman–Crippen LogP) is 1.04. The van der Waals surface area contributed by atoms with Crippen molar-refractivity contribution in [3.63, 3.8) is 0 Å². The van der Waals surface area contributed by atoms with E-state index >= 15 is 0 Å². The number of hydrogen-bond donors (Lipinski definition) is 1. The van der Waals surface area contributed by atoms with Crippen LogP contribution in [0, 0.1) is 0 Å². The maximum absolute atomic E-state index is 11.8. The fourth-order valence-electron chi connectivity index (χ4n) is 0.234. The summed E-state index contributed by atoms with van der Waals surface area (Å²) in [5.41, 5.74) is 4.99. The van der Waals surface area contributed by atoms with Crippen LogP contribution >= 0.6 is 24.0 Å². The van der Waals surface area contributed by atoms with E-state index in [1.165, 1.54) is 0 Å². The molecule has 7 heavy (non-hydrogen) atoms. The molecule has 1 aliphatic rings. The van der Waals surface area contributed by atoms with Crippen molar-refractivity contribution < 1.29 is 4.39 Å². The van der Waals surface area contributed by atoms with Gasteiger partial charge in [0.05, 0.1) is 6.04 Å². The summed E-state index contributed by atoms with van der Waals surface area (Å²) in [6.45, 7) is 0. The second kappa shape index (κ2) is 1.77. The van der Waals surface area contributed by atoms with Gasteiger partial charge in [0.15, 0.2) is 5.13 Å². The molecule has 0 spiro atoms. The lowest BCUT2D eigenvalue weighted by Gasteiger charge is -1.84. The summed E-state index contributed by atoms with van der Waals surface area (Å²) in [6.07, 6.45) is 0.314. The number of rotatable bonds is 0. The molecule has 2 atom stereocenters. The SMILES string of the molecule is Cl.NC1C[C@]1(F)Cl. The Morgan fingerprint density at radius 3 is 2.00 bits per heavy atom. The Morgan fingerprint density at radius 1 is 1.86 bits per heavy atom. The largest absolute Gasteiger partial charge is 0.324 e. The summed E-state index contributed by atoms with van der Waals surface area (Å²) in [7, 11) is 0. The number of halogens is 3. The molecule has 1 fully saturated rings. The molecular weight excluding hydrogens is 140 g/mol. The summed E-state index contributed by atoms with van der Waals surface area (Å²) in [5.74, 6) is 0. The Hall–Kier alpha value is 0.470. The minimum Gasteiger partial charge on any atom is -0.324 e. The van der Waals surface area contributed by atoms with Gasteiger partial charge in [-0.3, -0.25) is 0 Å². The fraction of sp³-hybridized carbons (Fsp3) is 1.00. The van der Waals surface area contributed by atoms with Crippen molar-refractivity contribution in [2.75, 3.05) is 0 Å². The Bertz CT molecular complexity index is 75.3. The Kier molecular flexibility index (Phi) is 1.88. The fourth-order valence-corrected chi connectivity index (χ4v) is 0.401. The first-order valence-electron chi connectivity index (χ1n) is 1.76. The van der Waals surface area contributed by atoms with E-state index in [4.69, 9.17) is 17.3 Å². The molecule has 4 heteroatoms. The van der Waals surface area contributed by atoms with Gasteiger partial charge in [0.2, 0.25) is 0 Å². The highest BCUT2D eigenvalue weighted by Gasteiger charge is 2.51. The quantitative estimate of drug-likeness (QED) is 0.507. The molecule has 1 aliphatic carbocycles. The van der Waals surface area contributed by atoms with E-state index < -0.39 is 11.2 Å². The van der Waals surface area contributed by atoms with E-state index in [-0.39, 0.29) is 12.4 Å². The third kappa shape index (κ3) is 1.44. The Morgan fingerprint density at radius 2 is 2.00 bits per heavy atom. The van der Waals surface area contributed by atoms with Gasteiger partial charge in [-0.2, -0.15) is 0 Å². The molecule has 1 unspecified atom stereocenters. The van der Waals surface area contributed by atoms with E-state index in [1.54, 1.807) is 0 Å². The number of alkyl halides is 2. The Balaban J connectivity index is 0.000000360. The van der Waals surface area contributed by atoms with E-state index in [0.29, 0.717) is 6.42 Å². The van der Waals surface area contributed by atoms with E-state index in [2.05, 4.69) is 0 Å². The second-order valence-electron chi connectivity index (χ2n) is 1.57. The minimum absolute atomic E-state index is 0. The molecule has 0 aromatic heterocycles. The van der Waals surface area contributed by atoms with Gasteiger partial charge < -0.3 is 5.73 Å². The topological polar surface area (TPSA) is 26.0 Å². The first-order chi connectivity index (χ1) is 2.63. The summed E-state index contributed by atoms with van der Waals surface area (Å²) >= 11 is 5.00. The third-order valence-corrected chi connectivity index (χ3v) is 1.31. The normalized spacial score (nSPS) is 47.6. The van der Waals surface area contributed by atoms with Crippen LogP contribution in [-0.4, -0.2) is 11.2 Å². The highest BCUT2D eigenvalue weighted by Crippen LogP contribution is 2.42. The molecule has 2 N–H and O–H groups in total. The first-order valence-corrected chi connectivity index (χ1v) is 2.14. The van der Waals surface area contributed by atoms with Crippen molar-refractivity contribution in [2.24, 2.45) is 5.73 Å². The second-order valence-corrected chi connectivity index (χ2v) is 2.20. The zero-order valence-corrected chi connectivity index (χ0v) is 5.10. The zero-order valence-electron chi connectivity index (χ0n) is 3.53. The smallest absolute Gasteiger partial charge is 0.200 e. The van der Waals surface area contributed by atoms with Gasteiger partial charge in [-0.1, -0.05) is 11.6 Å². The van der Waals surface area contributed by atoms with Gasteiger partial charge in [-0.25, -0.2) is 4.39 Å². The van der Waals surface area contributed by atoms with Gasteiger partial charge in [-0.15, -0.1) is 12.4 Å². The van der Waals surface area contributed by atoms with Crippen LogP contribution in [0.3, 0.4) is 0 Å². The maximum Gasteiger partial charge on any atom is 0.200 e. The monoisotopic (exact) mass is 145 g/mol. The lowest BCUT2D eigenvalue weighted by atomic mass is 10.8. The molecule has 0 bridgehead atoms. The highest BCUT2D eigenvalue weighted by molar-refractivity contribution is 6.25. The molecule has 0 aliphatic heterocycles. The molecule has 0 radical (unpaired) electrons. The first kappa shape index (κ1) is 7.47. The molecule has 44 valence electrons. The van der Waals surface area contributed by atoms with Crippen molar-refractivity contribution >= 4 is 24.0 Å². The van der Waals surface area contributed by atoms with Crippen LogP contribution in [0.1, 0.15) is 6.42 Å². The lowest BCUT2D eigenvalue weighted by molar-refractivity contribution is 0.416. The molecule has 1 nitrogen and oxygen atoms in total. The Labute approximate surface area is 52.4 Å². The third-order valence-electron chi connectivity index (χ3n) is 0.874. The molecule has 0 aromatic rings. The standard InChI is InChI=1S/C3H5ClFN.ClH/c4-3(5)1-2(3)6;/h2H,1,6H2;1H/t2?,3-;/m1./s1. The molecule has 0 aromatic carbocycles. The molecular formula is C3H6Cl2FN. The van der Waals surface area contributed by atoms with Crippen LogP contribution in [0.5, 0.6) is 0 Å². The van der Waals surface area contributed by atoms with Crippen molar-refractivity contribution in [3.8, 4) is 0 Å². The van der Waals surface area contributed by atoms with Crippen molar-refractivity contribution in [1.29, 1.82) is 0 Å². The predicted molar refractivity (Wildman–Crippen MR) is 29.5 cm³/mol. The van der Waals surface area contributed by atoms with Gasteiger partial charge in [0.1, 0.15) is 0 Å². The number of nitrogens with two attached hydrogens (primary N) is 1. The van der Waals surface area contributed by atoms with Crippen molar-refractivity contribution in [2.45, 2.75) is 17.6 Å². The average Bonchev–Trinajstić information content (AvgIpc) is 1.73. The highest BCUT2D eigenvalue weighted by atomic mass is 35.5. The summed E-state index contributed by atoms with van der Waals surface area (Å²) in [4.78, 5) is 0. The van der Waals surface area contributed by atoms with Gasteiger partial charge in [0, 0.05) is 6.42 Å². The lowest BCUT2D eigenvalue weighted by Crippen LogP contribution is -2.07. The van der Waals surface area contributed by atoms with Crippen molar-refractivity contribution in [1.82, 2.24) is 0 Å². The zero-order chi connectivity index (χ0) is 4.78. The molecule has 0 heterocycles. The molecule has 0 amide bonds. The van der Waals surface area contributed by atoms with Gasteiger partial charge in [-0.05, 0) is 0 Å². The molecule has 1 rings (SSSR count). The molecule has 0 saturated heterocycles. The average molecular weight is 146 g/mol. The summed E-state index contributed by atoms with van der Waals surface area (Å²) in [6, 6.07) is -0.404. The minimum atomic E-state index is -1.54. The van der Waals surface area contributed by atoms with Gasteiger partial charge >= 0.3 is 0 Å². The van der Waals surface area contributed by atoms with Crippen LogP contribution in [0.2, 0.25) is 0 Å². The van der Waals surface area contributed by atoms with Crippen LogP contribution < -0.4 is 5.73 Å².